The number of benzene rings is 1. The number of urea groups is 1. The summed E-state index contributed by atoms with van der Waals surface area (Å²) < 4.78 is 0. The first kappa shape index (κ1) is 15.4. The van der Waals surface area contributed by atoms with Crippen molar-refractivity contribution in [3.05, 3.63) is 29.3 Å². The molecule has 114 valence electrons. The molecule has 0 aliphatic heterocycles. The molecule has 2 rings (SSSR count). The number of nitrogens with one attached hydrogen (secondary N) is 3. The summed E-state index contributed by atoms with van der Waals surface area (Å²) in [4.78, 5) is 23.7. The Bertz CT molecular complexity index is 522. The van der Waals surface area contributed by atoms with Crippen LogP contribution >= 0.6 is 0 Å². The Hall–Kier alpha value is -2.04. The molecule has 0 heterocycles. The Balaban J connectivity index is 1.96. The quantitative estimate of drug-likeness (QED) is 0.797. The molecule has 0 bridgehead atoms. The fourth-order valence-electron chi connectivity index (χ4n) is 2.62. The van der Waals surface area contributed by atoms with E-state index in [1.54, 1.807) is 18.2 Å². The van der Waals surface area contributed by atoms with E-state index < -0.39 is 0 Å². The Morgan fingerprint density at radius 3 is 2.57 bits per heavy atom. The van der Waals surface area contributed by atoms with E-state index in [0.29, 0.717) is 18.2 Å². The molecule has 1 saturated carbocycles. The van der Waals surface area contributed by atoms with Crippen LogP contribution in [0.1, 0.15) is 48.5 Å². The van der Waals surface area contributed by atoms with E-state index in [1.165, 1.54) is 12.8 Å². The standard InChI is InChI=1S/C16H23N3O2/c1-3-17-15(20)12-8-9-14(11(2)10-12)19-16(21)18-13-6-4-5-7-13/h8-10,13H,3-7H2,1-2H3,(H,17,20)(H2,18,19,21). The highest BCUT2D eigenvalue weighted by atomic mass is 16.2. The SMILES string of the molecule is CCNC(=O)c1ccc(NC(=O)NC2CCCC2)c(C)c1. The number of carbonyl (C=O) groups is 2. The molecule has 0 unspecified atom stereocenters. The van der Waals surface area contributed by atoms with E-state index in [-0.39, 0.29) is 11.9 Å². The van der Waals surface area contributed by atoms with E-state index in [0.717, 1.165) is 24.1 Å². The maximum Gasteiger partial charge on any atom is 0.319 e. The Kier molecular flexibility index (Phi) is 5.20. The maximum absolute atomic E-state index is 11.9. The topological polar surface area (TPSA) is 70.2 Å². The van der Waals surface area contributed by atoms with Crippen molar-refractivity contribution in [2.45, 2.75) is 45.6 Å². The molecule has 1 aliphatic carbocycles. The monoisotopic (exact) mass is 289 g/mol. The van der Waals surface area contributed by atoms with Gasteiger partial charge in [-0.1, -0.05) is 12.8 Å². The van der Waals surface area contributed by atoms with E-state index in [9.17, 15) is 9.59 Å². The minimum Gasteiger partial charge on any atom is -0.352 e. The fraction of sp³-hybridized carbons (Fsp3) is 0.500. The van der Waals surface area contributed by atoms with E-state index in [1.807, 2.05) is 13.8 Å². The van der Waals surface area contributed by atoms with Gasteiger partial charge in [-0.3, -0.25) is 4.79 Å². The Morgan fingerprint density at radius 2 is 1.95 bits per heavy atom. The number of carbonyl (C=O) groups excluding carboxylic acids is 2. The minimum atomic E-state index is -0.171. The van der Waals surface area contributed by atoms with Crippen LogP contribution in [-0.2, 0) is 0 Å². The summed E-state index contributed by atoms with van der Waals surface area (Å²) in [6.07, 6.45) is 4.49. The van der Waals surface area contributed by atoms with Crippen molar-refractivity contribution in [1.29, 1.82) is 0 Å². The maximum atomic E-state index is 11.9. The van der Waals surface area contributed by atoms with Crippen LogP contribution in [0.25, 0.3) is 0 Å². The lowest BCUT2D eigenvalue weighted by atomic mass is 10.1. The average molecular weight is 289 g/mol. The zero-order valence-electron chi connectivity index (χ0n) is 12.7. The number of amides is 3. The van der Waals surface area contributed by atoms with Gasteiger partial charge in [0.2, 0.25) is 0 Å². The van der Waals surface area contributed by atoms with Gasteiger partial charge >= 0.3 is 6.03 Å². The smallest absolute Gasteiger partial charge is 0.319 e. The summed E-state index contributed by atoms with van der Waals surface area (Å²) in [5.41, 5.74) is 2.22. The lowest BCUT2D eigenvalue weighted by Crippen LogP contribution is -2.36. The normalized spacial score (nSPS) is 14.8. The molecule has 3 N–H and O–H groups in total. The molecular formula is C16H23N3O2. The molecule has 0 spiro atoms. The van der Waals surface area contributed by atoms with Crippen LogP contribution in [0.5, 0.6) is 0 Å². The van der Waals surface area contributed by atoms with Crippen molar-refractivity contribution in [2.75, 3.05) is 11.9 Å². The van der Waals surface area contributed by atoms with Crippen molar-refractivity contribution >= 4 is 17.6 Å². The molecule has 3 amide bonds. The average Bonchev–Trinajstić information content (AvgIpc) is 2.94. The summed E-state index contributed by atoms with van der Waals surface area (Å²) >= 11 is 0. The van der Waals surface area contributed by atoms with Gasteiger partial charge in [0.1, 0.15) is 0 Å². The van der Waals surface area contributed by atoms with Gasteiger partial charge in [0, 0.05) is 23.8 Å². The fourth-order valence-corrected chi connectivity index (χ4v) is 2.62. The van der Waals surface area contributed by atoms with Crippen molar-refractivity contribution in [2.24, 2.45) is 0 Å². The molecule has 1 aromatic carbocycles. The van der Waals surface area contributed by atoms with E-state index in [4.69, 9.17) is 0 Å². The molecule has 5 heteroatoms. The first-order chi connectivity index (χ1) is 10.1. The van der Waals surface area contributed by atoms with Crippen LogP contribution in [-0.4, -0.2) is 24.5 Å². The number of hydrogen-bond donors (Lipinski definition) is 3. The van der Waals surface area contributed by atoms with Crippen LogP contribution in [0.3, 0.4) is 0 Å². The molecule has 1 fully saturated rings. The molecule has 1 aliphatic rings. The Labute approximate surface area is 125 Å². The molecule has 21 heavy (non-hydrogen) atoms. The number of anilines is 1. The molecule has 0 aromatic heterocycles. The second kappa shape index (κ2) is 7.11. The van der Waals surface area contributed by atoms with E-state index in [2.05, 4.69) is 16.0 Å². The largest absolute Gasteiger partial charge is 0.352 e. The molecule has 0 radical (unpaired) electrons. The molecule has 0 saturated heterocycles. The van der Waals surface area contributed by atoms with Gasteiger partial charge in [-0.05, 0) is 50.5 Å². The van der Waals surface area contributed by atoms with Gasteiger partial charge < -0.3 is 16.0 Å². The second-order valence-corrected chi connectivity index (χ2v) is 5.47. The van der Waals surface area contributed by atoms with Gasteiger partial charge in [-0.15, -0.1) is 0 Å². The van der Waals surface area contributed by atoms with Gasteiger partial charge in [-0.25, -0.2) is 4.79 Å². The highest BCUT2D eigenvalue weighted by Crippen LogP contribution is 2.19. The predicted octanol–water partition coefficient (Wildman–Crippen LogP) is 2.81. The zero-order valence-corrected chi connectivity index (χ0v) is 12.7. The first-order valence-corrected chi connectivity index (χ1v) is 7.56. The third kappa shape index (κ3) is 4.21. The third-order valence-corrected chi connectivity index (χ3v) is 3.76. The van der Waals surface area contributed by atoms with Crippen molar-refractivity contribution in [1.82, 2.24) is 10.6 Å². The summed E-state index contributed by atoms with van der Waals surface area (Å²) in [7, 11) is 0. The number of hydrogen-bond acceptors (Lipinski definition) is 2. The van der Waals surface area contributed by atoms with E-state index >= 15 is 0 Å². The lowest BCUT2D eigenvalue weighted by molar-refractivity contribution is 0.0955. The first-order valence-electron chi connectivity index (χ1n) is 7.56. The van der Waals surface area contributed by atoms with Crippen LogP contribution in [0, 0.1) is 6.92 Å². The van der Waals surface area contributed by atoms with Gasteiger partial charge in [0.05, 0.1) is 0 Å². The number of aryl methyl sites for hydroxylation is 1. The summed E-state index contributed by atoms with van der Waals surface area (Å²) in [6, 6.07) is 5.41. The molecule has 1 aromatic rings. The molecule has 5 nitrogen and oxygen atoms in total. The van der Waals surface area contributed by atoms with Crippen molar-refractivity contribution < 1.29 is 9.59 Å². The second-order valence-electron chi connectivity index (χ2n) is 5.47. The van der Waals surface area contributed by atoms with Crippen LogP contribution < -0.4 is 16.0 Å². The van der Waals surface area contributed by atoms with Gasteiger partial charge in [0.15, 0.2) is 0 Å². The van der Waals surface area contributed by atoms with Crippen molar-refractivity contribution in [3.63, 3.8) is 0 Å². The predicted molar refractivity (Wildman–Crippen MR) is 83.6 cm³/mol. The van der Waals surface area contributed by atoms with Gasteiger partial charge in [0.25, 0.3) is 5.91 Å². The minimum absolute atomic E-state index is 0.0949. The Morgan fingerprint density at radius 1 is 1.24 bits per heavy atom. The van der Waals surface area contributed by atoms with Crippen LogP contribution in [0.15, 0.2) is 18.2 Å². The summed E-state index contributed by atoms with van der Waals surface area (Å²) in [5.74, 6) is -0.0949. The summed E-state index contributed by atoms with van der Waals surface area (Å²) in [5, 5.41) is 8.60. The molecular weight excluding hydrogens is 266 g/mol. The third-order valence-electron chi connectivity index (χ3n) is 3.76. The molecule has 0 atom stereocenters. The zero-order chi connectivity index (χ0) is 15.2. The summed E-state index contributed by atoms with van der Waals surface area (Å²) in [6.45, 7) is 4.36. The highest BCUT2D eigenvalue weighted by molar-refractivity contribution is 5.96. The van der Waals surface area contributed by atoms with Crippen LogP contribution in [0.4, 0.5) is 10.5 Å². The lowest BCUT2D eigenvalue weighted by Gasteiger charge is -2.14. The van der Waals surface area contributed by atoms with Crippen molar-refractivity contribution in [3.8, 4) is 0 Å². The van der Waals surface area contributed by atoms with Crippen LogP contribution in [0.2, 0.25) is 0 Å². The number of rotatable bonds is 4. The van der Waals surface area contributed by atoms with Gasteiger partial charge in [-0.2, -0.15) is 0 Å². The highest BCUT2D eigenvalue weighted by Gasteiger charge is 2.17.